The van der Waals surface area contributed by atoms with E-state index in [9.17, 15) is 13.5 Å². The van der Waals surface area contributed by atoms with E-state index < -0.39 is 15.9 Å². The molecule has 0 aliphatic carbocycles. The molecule has 0 amide bonds. The molecule has 30 heavy (non-hydrogen) atoms. The van der Waals surface area contributed by atoms with Crippen LogP contribution in [-0.4, -0.2) is 21.1 Å². The lowest BCUT2D eigenvalue weighted by Gasteiger charge is -2.17. The number of aliphatic imine (C=N–C) groups is 1. The molecule has 0 bridgehead atoms. The van der Waals surface area contributed by atoms with E-state index in [0.717, 1.165) is 10.0 Å². The maximum atomic E-state index is 12.7. The molecule has 3 aromatic rings. The summed E-state index contributed by atoms with van der Waals surface area (Å²) >= 11 is 3.28. The number of anilines is 1. The zero-order valence-corrected chi connectivity index (χ0v) is 17.9. The average molecular weight is 488 g/mol. The van der Waals surface area contributed by atoms with E-state index in [1.165, 1.54) is 24.3 Å². The van der Waals surface area contributed by atoms with Crippen molar-refractivity contribution in [2.75, 3.05) is 11.5 Å². The Labute approximate surface area is 182 Å². The van der Waals surface area contributed by atoms with Gasteiger partial charge in [-0.3, -0.25) is 9.71 Å². The van der Waals surface area contributed by atoms with Gasteiger partial charge in [-0.05, 0) is 53.9 Å². The topological polar surface area (TPSA) is 100 Å². The van der Waals surface area contributed by atoms with Crippen molar-refractivity contribution in [3.8, 4) is 11.5 Å². The number of hydrogen-bond acceptors (Lipinski definition) is 6. The van der Waals surface area contributed by atoms with Gasteiger partial charge in [-0.2, -0.15) is 0 Å². The van der Waals surface area contributed by atoms with Crippen molar-refractivity contribution in [2.45, 2.75) is 11.4 Å². The number of rotatable bonds is 6. The van der Waals surface area contributed by atoms with Crippen LogP contribution < -0.4 is 19.3 Å². The largest absolute Gasteiger partial charge is 0.858 e. The number of fused-ring (bicyclic) bond motifs is 1. The van der Waals surface area contributed by atoms with Gasteiger partial charge in [-0.1, -0.05) is 40.2 Å². The molecule has 0 saturated carbocycles. The number of hydrogen-bond donors (Lipinski definition) is 1. The van der Waals surface area contributed by atoms with Crippen LogP contribution in [0.25, 0.3) is 0 Å². The highest BCUT2D eigenvalue weighted by molar-refractivity contribution is 9.10. The van der Waals surface area contributed by atoms with Gasteiger partial charge >= 0.3 is 0 Å². The Morgan fingerprint density at radius 1 is 1.03 bits per heavy atom. The van der Waals surface area contributed by atoms with E-state index in [0.29, 0.717) is 11.5 Å². The molecule has 154 valence electrons. The van der Waals surface area contributed by atoms with Crippen LogP contribution >= 0.6 is 15.9 Å². The zero-order valence-electron chi connectivity index (χ0n) is 15.5. The first-order valence-electron chi connectivity index (χ1n) is 8.90. The number of benzene rings is 3. The maximum absolute atomic E-state index is 12.7. The van der Waals surface area contributed by atoms with Gasteiger partial charge in [0.25, 0.3) is 10.0 Å². The first-order chi connectivity index (χ1) is 14.4. The van der Waals surface area contributed by atoms with Gasteiger partial charge in [-0.25, -0.2) is 8.42 Å². The Hall–Kier alpha value is -3.04. The minimum atomic E-state index is -3.86. The fourth-order valence-corrected chi connectivity index (χ4v) is 4.21. The van der Waals surface area contributed by atoms with Crippen molar-refractivity contribution < 1.29 is 23.0 Å². The second-order valence-electron chi connectivity index (χ2n) is 6.41. The Morgan fingerprint density at radius 2 is 1.77 bits per heavy atom. The predicted octanol–water partition coefficient (Wildman–Crippen LogP) is 3.29. The van der Waals surface area contributed by atoms with Gasteiger partial charge in [0.1, 0.15) is 0 Å². The number of nitrogens with zero attached hydrogens (tertiary/aromatic N) is 1. The third-order valence-corrected chi connectivity index (χ3v) is 6.28. The monoisotopic (exact) mass is 487 g/mol. The second-order valence-corrected chi connectivity index (χ2v) is 9.01. The highest BCUT2D eigenvalue weighted by Crippen LogP contribution is 2.32. The molecule has 4 rings (SSSR count). The molecule has 1 heterocycles. The van der Waals surface area contributed by atoms with Crippen LogP contribution in [-0.2, 0) is 16.6 Å². The van der Waals surface area contributed by atoms with Gasteiger partial charge in [0, 0.05) is 10.0 Å². The first-order valence-corrected chi connectivity index (χ1v) is 11.2. The minimum Gasteiger partial charge on any atom is -0.858 e. The van der Waals surface area contributed by atoms with Gasteiger partial charge in [0.05, 0.1) is 17.1 Å². The van der Waals surface area contributed by atoms with E-state index in [2.05, 4.69) is 25.6 Å². The van der Waals surface area contributed by atoms with Crippen molar-refractivity contribution >= 4 is 37.5 Å². The molecule has 0 spiro atoms. The maximum Gasteiger partial charge on any atom is 0.261 e. The third-order valence-electron chi connectivity index (χ3n) is 4.37. The van der Waals surface area contributed by atoms with Crippen LogP contribution in [0.4, 0.5) is 5.69 Å². The number of ether oxygens (including phenoxy) is 2. The van der Waals surface area contributed by atoms with Gasteiger partial charge in [0.2, 0.25) is 6.79 Å². The minimum absolute atomic E-state index is 0.0882. The van der Waals surface area contributed by atoms with E-state index in [1.807, 2.05) is 0 Å². The molecule has 3 aromatic carbocycles. The second kappa shape index (κ2) is 8.37. The van der Waals surface area contributed by atoms with E-state index >= 15 is 0 Å². The molecule has 0 aromatic heterocycles. The summed E-state index contributed by atoms with van der Waals surface area (Å²) < 4.78 is 39.2. The summed E-state index contributed by atoms with van der Waals surface area (Å²) in [6.45, 7) is 0.296. The molecule has 0 unspecified atom stereocenters. The molecule has 0 saturated heterocycles. The van der Waals surface area contributed by atoms with Crippen LogP contribution in [0.1, 0.15) is 11.1 Å². The zero-order chi connectivity index (χ0) is 21.1. The first kappa shape index (κ1) is 20.2. The number of para-hydroxylation sites is 1. The van der Waals surface area contributed by atoms with Crippen LogP contribution in [0.2, 0.25) is 0 Å². The normalized spacial score (nSPS) is 13.3. The van der Waals surface area contributed by atoms with Crippen molar-refractivity contribution in [3.63, 3.8) is 0 Å². The molecule has 1 aliphatic rings. The lowest BCUT2D eigenvalue weighted by molar-refractivity contribution is -0.213. The van der Waals surface area contributed by atoms with E-state index in [1.54, 1.807) is 42.5 Å². The smallest absolute Gasteiger partial charge is 0.261 e. The molecule has 0 radical (unpaired) electrons. The standard InChI is InChI=1S/C21H17BrN2O5S/c22-15-6-8-16(9-7-15)30(26,27)24-18-4-2-1-3-17(18)21(25)23-12-14-5-10-19-20(11-14)29-13-28-19/h1-11,24H,12-13H2,(H,23,25)/p-1. The molecular formula is C21H16BrN2O5S-. The predicted molar refractivity (Wildman–Crippen MR) is 114 cm³/mol. The van der Waals surface area contributed by atoms with Gasteiger partial charge in [0.15, 0.2) is 11.5 Å². The van der Waals surface area contributed by atoms with Crippen LogP contribution in [0.5, 0.6) is 11.5 Å². The molecule has 1 N–H and O–H groups in total. The lowest BCUT2D eigenvalue weighted by atomic mass is 10.1. The fourth-order valence-electron chi connectivity index (χ4n) is 2.86. The van der Waals surface area contributed by atoms with Crippen molar-refractivity contribution in [1.82, 2.24) is 0 Å². The molecule has 0 atom stereocenters. The summed E-state index contributed by atoms with van der Waals surface area (Å²) in [4.78, 5) is 4.18. The quantitative estimate of drug-likeness (QED) is 0.424. The van der Waals surface area contributed by atoms with Crippen molar-refractivity contribution in [1.29, 1.82) is 0 Å². The Morgan fingerprint density at radius 3 is 2.57 bits per heavy atom. The lowest BCUT2D eigenvalue weighted by Crippen LogP contribution is -2.22. The highest BCUT2D eigenvalue weighted by atomic mass is 79.9. The van der Waals surface area contributed by atoms with Crippen molar-refractivity contribution in [3.05, 3.63) is 82.3 Å². The summed E-state index contributed by atoms with van der Waals surface area (Å²) in [5.74, 6) is 0.734. The molecule has 9 heteroatoms. The molecule has 7 nitrogen and oxygen atoms in total. The van der Waals surface area contributed by atoms with E-state index in [-0.39, 0.29) is 29.5 Å². The number of nitrogens with one attached hydrogen (secondary N) is 1. The number of sulfonamides is 1. The molecule has 1 aliphatic heterocycles. The summed E-state index contributed by atoms with van der Waals surface area (Å²) in [5.41, 5.74) is 1.11. The Balaban J connectivity index is 1.56. The average Bonchev–Trinajstić information content (AvgIpc) is 3.20. The van der Waals surface area contributed by atoms with Gasteiger partial charge in [-0.15, -0.1) is 0 Å². The Bertz CT molecular complexity index is 1210. The number of halogens is 1. The fraction of sp³-hybridized carbons (Fsp3) is 0.0952. The Kier molecular flexibility index (Phi) is 5.65. The van der Waals surface area contributed by atoms with Crippen molar-refractivity contribution in [2.24, 2.45) is 4.99 Å². The molecular weight excluding hydrogens is 472 g/mol. The summed E-state index contributed by atoms with van der Waals surface area (Å²) in [6, 6.07) is 17.9. The van der Waals surface area contributed by atoms with Crippen LogP contribution in [0.3, 0.4) is 0 Å². The molecule has 0 fully saturated rings. The SMILES string of the molecule is O=S(=O)(Nc1ccccc1C([O-])=NCc1ccc2c(c1)OCO2)c1ccc(Br)cc1. The van der Waals surface area contributed by atoms with Gasteiger partial charge < -0.3 is 14.6 Å². The summed E-state index contributed by atoms with van der Waals surface area (Å²) in [7, 11) is -3.86. The summed E-state index contributed by atoms with van der Waals surface area (Å²) in [5, 5.41) is 12.7. The summed E-state index contributed by atoms with van der Waals surface area (Å²) in [6.07, 6.45) is 0. The highest BCUT2D eigenvalue weighted by Gasteiger charge is 2.16. The van der Waals surface area contributed by atoms with Crippen LogP contribution in [0.15, 0.2) is 81.1 Å². The van der Waals surface area contributed by atoms with E-state index in [4.69, 9.17) is 9.47 Å². The third kappa shape index (κ3) is 4.42. The van der Waals surface area contributed by atoms with Crippen LogP contribution in [0, 0.1) is 0 Å².